The number of nitrogens with one attached hydrogen (secondary N) is 1. The van der Waals surface area contributed by atoms with Gasteiger partial charge < -0.3 is 9.47 Å². The maximum absolute atomic E-state index is 12.6. The number of hydrazone groups is 1. The van der Waals surface area contributed by atoms with Gasteiger partial charge in [-0.05, 0) is 66.6 Å². The summed E-state index contributed by atoms with van der Waals surface area (Å²) >= 11 is 3.41. The Morgan fingerprint density at radius 3 is 2.39 bits per heavy atom. The Hall–Kier alpha value is -4.23. The van der Waals surface area contributed by atoms with Gasteiger partial charge in [0, 0.05) is 15.6 Å². The van der Waals surface area contributed by atoms with Crippen LogP contribution in [0.15, 0.2) is 107 Å². The maximum Gasteiger partial charge on any atom is 0.343 e. The lowest BCUT2D eigenvalue weighted by molar-refractivity contribution is 0.0733. The molecule has 0 saturated heterocycles. The lowest BCUT2D eigenvalue weighted by Gasteiger charge is -2.09. The normalized spacial score (nSPS) is 10.7. The van der Waals surface area contributed by atoms with Gasteiger partial charge in [0.15, 0.2) is 0 Å². The number of esters is 1. The molecule has 180 valence electrons. The highest BCUT2D eigenvalue weighted by molar-refractivity contribution is 9.10. The minimum atomic E-state index is -0.469. The number of ether oxygens (including phenoxy) is 2. The van der Waals surface area contributed by atoms with E-state index >= 15 is 0 Å². The number of amides is 1. The first kappa shape index (κ1) is 24.9. The highest BCUT2D eigenvalue weighted by atomic mass is 79.9. The largest absolute Gasteiger partial charge is 0.489 e. The molecule has 0 radical (unpaired) electrons. The predicted molar refractivity (Wildman–Crippen MR) is 143 cm³/mol. The molecular formula is C29H23BrN2O4. The van der Waals surface area contributed by atoms with Crippen molar-refractivity contribution in [3.05, 3.63) is 129 Å². The smallest absolute Gasteiger partial charge is 0.343 e. The summed E-state index contributed by atoms with van der Waals surface area (Å²) in [5, 5.41) is 4.05. The number of halogens is 1. The lowest BCUT2D eigenvalue weighted by Crippen LogP contribution is -2.17. The van der Waals surface area contributed by atoms with Gasteiger partial charge in [-0.2, -0.15) is 5.10 Å². The third kappa shape index (κ3) is 6.67. The zero-order valence-electron chi connectivity index (χ0n) is 19.5. The molecule has 7 heteroatoms. The van der Waals surface area contributed by atoms with Gasteiger partial charge in [-0.15, -0.1) is 0 Å². The molecule has 0 spiro atoms. The Morgan fingerprint density at radius 1 is 0.917 bits per heavy atom. The fourth-order valence-electron chi connectivity index (χ4n) is 3.34. The standard InChI is InChI=1S/C29H23BrN2O4/c1-20-7-5-6-10-26(20)29(34)36-27-16-13-24(30)17-23(27)18-31-32-28(33)22-11-14-25(15-12-22)35-19-21-8-3-2-4-9-21/h2-18H,19H2,1H3,(H,32,33)/b31-18-. The summed E-state index contributed by atoms with van der Waals surface area (Å²) in [5.74, 6) is 0.135. The summed E-state index contributed by atoms with van der Waals surface area (Å²) in [6.45, 7) is 2.29. The number of benzene rings is 4. The summed E-state index contributed by atoms with van der Waals surface area (Å²) in [6.07, 6.45) is 1.43. The summed E-state index contributed by atoms with van der Waals surface area (Å²) in [5.41, 5.74) is 5.81. The third-order valence-corrected chi connectivity index (χ3v) is 5.77. The average Bonchev–Trinajstić information content (AvgIpc) is 2.90. The summed E-state index contributed by atoms with van der Waals surface area (Å²) in [6, 6.07) is 29.0. The van der Waals surface area contributed by atoms with Crippen molar-refractivity contribution in [2.75, 3.05) is 0 Å². The van der Waals surface area contributed by atoms with Crippen LogP contribution in [0.1, 0.15) is 37.4 Å². The minimum absolute atomic E-state index is 0.323. The van der Waals surface area contributed by atoms with E-state index in [9.17, 15) is 9.59 Å². The zero-order valence-corrected chi connectivity index (χ0v) is 21.1. The quantitative estimate of drug-likeness (QED) is 0.122. The summed E-state index contributed by atoms with van der Waals surface area (Å²) in [4.78, 5) is 25.2. The number of hydrogen-bond acceptors (Lipinski definition) is 5. The Balaban J connectivity index is 1.38. The van der Waals surface area contributed by atoms with E-state index in [4.69, 9.17) is 9.47 Å². The van der Waals surface area contributed by atoms with Crippen molar-refractivity contribution in [3.8, 4) is 11.5 Å². The average molecular weight is 543 g/mol. The molecule has 0 aliphatic heterocycles. The third-order valence-electron chi connectivity index (χ3n) is 5.27. The van der Waals surface area contributed by atoms with Gasteiger partial charge in [0.25, 0.3) is 5.91 Å². The fourth-order valence-corrected chi connectivity index (χ4v) is 3.72. The molecule has 0 atom stereocenters. The molecule has 6 nitrogen and oxygen atoms in total. The van der Waals surface area contributed by atoms with Crippen LogP contribution in [0.2, 0.25) is 0 Å². The molecule has 0 aliphatic rings. The molecule has 0 fully saturated rings. The van der Waals surface area contributed by atoms with Crippen molar-refractivity contribution in [2.24, 2.45) is 5.10 Å². The Morgan fingerprint density at radius 2 is 1.64 bits per heavy atom. The van der Waals surface area contributed by atoms with Gasteiger partial charge in [0.2, 0.25) is 0 Å². The van der Waals surface area contributed by atoms with Crippen LogP contribution >= 0.6 is 15.9 Å². The van der Waals surface area contributed by atoms with Gasteiger partial charge in [0.1, 0.15) is 18.1 Å². The van der Waals surface area contributed by atoms with Crippen LogP contribution in [-0.2, 0) is 6.61 Å². The van der Waals surface area contributed by atoms with E-state index in [-0.39, 0.29) is 5.91 Å². The van der Waals surface area contributed by atoms with E-state index in [1.807, 2.05) is 49.4 Å². The van der Waals surface area contributed by atoms with Crippen molar-refractivity contribution >= 4 is 34.0 Å². The molecule has 0 aromatic heterocycles. The number of hydrogen-bond donors (Lipinski definition) is 1. The molecule has 4 aromatic carbocycles. The minimum Gasteiger partial charge on any atom is -0.489 e. The monoisotopic (exact) mass is 542 g/mol. The first-order valence-corrected chi connectivity index (χ1v) is 12.0. The van der Waals surface area contributed by atoms with Crippen LogP contribution in [0.3, 0.4) is 0 Å². The van der Waals surface area contributed by atoms with Crippen LogP contribution in [0, 0.1) is 6.92 Å². The number of carbonyl (C=O) groups excluding carboxylic acids is 2. The summed E-state index contributed by atoms with van der Waals surface area (Å²) in [7, 11) is 0. The van der Waals surface area contributed by atoms with Crippen LogP contribution in [-0.4, -0.2) is 18.1 Å². The zero-order chi connectivity index (χ0) is 25.3. The Kier molecular flexibility index (Phi) is 8.26. The van der Waals surface area contributed by atoms with Gasteiger partial charge in [-0.3, -0.25) is 4.79 Å². The van der Waals surface area contributed by atoms with Crippen LogP contribution in [0.4, 0.5) is 0 Å². The molecule has 0 bridgehead atoms. The van der Waals surface area contributed by atoms with Crippen molar-refractivity contribution < 1.29 is 19.1 Å². The first-order valence-electron chi connectivity index (χ1n) is 11.2. The molecule has 0 saturated carbocycles. The number of aryl methyl sites for hydroxylation is 1. The molecule has 0 unspecified atom stereocenters. The van der Waals surface area contributed by atoms with Gasteiger partial charge >= 0.3 is 5.97 Å². The van der Waals surface area contributed by atoms with Crippen molar-refractivity contribution in [3.63, 3.8) is 0 Å². The van der Waals surface area contributed by atoms with Gasteiger partial charge in [-0.25, -0.2) is 10.2 Å². The highest BCUT2D eigenvalue weighted by Crippen LogP contribution is 2.23. The van der Waals surface area contributed by atoms with Crippen LogP contribution in [0.5, 0.6) is 11.5 Å². The second-order valence-electron chi connectivity index (χ2n) is 7.88. The second kappa shape index (κ2) is 12.0. The molecular weight excluding hydrogens is 520 g/mol. The molecule has 0 aliphatic carbocycles. The maximum atomic E-state index is 12.6. The predicted octanol–water partition coefficient (Wildman–Crippen LogP) is 6.32. The lowest BCUT2D eigenvalue weighted by atomic mass is 10.1. The van der Waals surface area contributed by atoms with E-state index in [2.05, 4.69) is 26.5 Å². The number of nitrogens with zero attached hydrogens (tertiary/aromatic N) is 1. The van der Waals surface area contributed by atoms with E-state index in [0.29, 0.717) is 34.8 Å². The highest BCUT2D eigenvalue weighted by Gasteiger charge is 2.13. The van der Waals surface area contributed by atoms with Crippen LogP contribution in [0.25, 0.3) is 0 Å². The molecule has 36 heavy (non-hydrogen) atoms. The molecule has 1 N–H and O–H groups in total. The van der Waals surface area contributed by atoms with Gasteiger partial charge in [-0.1, -0.05) is 64.5 Å². The van der Waals surface area contributed by atoms with E-state index in [1.165, 1.54) is 6.21 Å². The van der Waals surface area contributed by atoms with E-state index < -0.39 is 5.97 Å². The summed E-state index contributed by atoms with van der Waals surface area (Å²) < 4.78 is 12.1. The van der Waals surface area contributed by atoms with Crippen LogP contribution < -0.4 is 14.9 Å². The van der Waals surface area contributed by atoms with E-state index in [0.717, 1.165) is 15.6 Å². The molecule has 4 rings (SSSR count). The topological polar surface area (TPSA) is 77.0 Å². The van der Waals surface area contributed by atoms with Crippen molar-refractivity contribution in [1.29, 1.82) is 0 Å². The number of rotatable bonds is 8. The number of carbonyl (C=O) groups is 2. The van der Waals surface area contributed by atoms with E-state index in [1.54, 1.807) is 54.6 Å². The van der Waals surface area contributed by atoms with Crippen molar-refractivity contribution in [2.45, 2.75) is 13.5 Å². The molecule has 1 amide bonds. The first-order chi connectivity index (χ1) is 17.5. The second-order valence-corrected chi connectivity index (χ2v) is 8.80. The SMILES string of the molecule is Cc1ccccc1C(=O)Oc1ccc(Br)cc1/C=N\NC(=O)c1ccc(OCc2ccccc2)cc1. The molecule has 4 aromatic rings. The Labute approximate surface area is 217 Å². The fraction of sp³-hybridized carbons (Fsp3) is 0.0690. The Bertz CT molecular complexity index is 1390. The van der Waals surface area contributed by atoms with Crippen molar-refractivity contribution in [1.82, 2.24) is 5.43 Å². The van der Waals surface area contributed by atoms with Gasteiger partial charge in [0.05, 0.1) is 11.8 Å². The molecule has 0 heterocycles.